The van der Waals surface area contributed by atoms with Crippen LogP contribution in [0.2, 0.25) is 0 Å². The molecule has 0 aliphatic carbocycles. The van der Waals surface area contributed by atoms with E-state index in [-0.39, 0.29) is 11.7 Å². The van der Waals surface area contributed by atoms with E-state index in [1.54, 1.807) is 18.0 Å². The first-order valence-electron chi connectivity index (χ1n) is 11.7. The highest BCUT2D eigenvalue weighted by atomic mass is 32.2. The van der Waals surface area contributed by atoms with Crippen LogP contribution in [0.5, 0.6) is 0 Å². The van der Waals surface area contributed by atoms with Gasteiger partial charge >= 0.3 is 0 Å². The number of nitrogens with two attached hydrogens (primary N) is 1. The molecule has 7 nitrogen and oxygen atoms in total. The van der Waals surface area contributed by atoms with Gasteiger partial charge in [-0.05, 0) is 49.6 Å². The number of fused-ring (bicyclic) bond motifs is 1. The first-order valence-corrected chi connectivity index (χ1v) is 12.6. The lowest BCUT2D eigenvalue weighted by atomic mass is 10.0. The number of pyridine rings is 1. The molecule has 0 saturated carbocycles. The summed E-state index contributed by atoms with van der Waals surface area (Å²) in [5.74, 6) is 1.24. The molecule has 2 aliphatic rings. The molecule has 0 amide bonds. The lowest BCUT2D eigenvalue weighted by molar-refractivity contribution is 0.318. The summed E-state index contributed by atoms with van der Waals surface area (Å²) in [4.78, 5) is 8.71. The van der Waals surface area contributed by atoms with Gasteiger partial charge in [-0.15, -0.1) is 10.2 Å². The molecule has 180 valence electrons. The van der Waals surface area contributed by atoms with Crippen LogP contribution < -0.4 is 10.6 Å². The van der Waals surface area contributed by atoms with E-state index >= 15 is 0 Å². The highest BCUT2D eigenvalue weighted by molar-refractivity contribution is 7.99. The molecule has 2 atom stereocenters. The molecular formula is C24H29F2N7S. The largest absolute Gasteiger partial charge is 0.362 e. The predicted octanol–water partition coefficient (Wildman–Crippen LogP) is 3.31. The first kappa shape index (κ1) is 23.2. The van der Waals surface area contributed by atoms with E-state index in [1.807, 2.05) is 28.6 Å². The van der Waals surface area contributed by atoms with E-state index in [2.05, 4.69) is 20.1 Å². The Kier molecular flexibility index (Phi) is 6.80. The number of nitrogens with zero attached hydrogens (tertiary/aromatic N) is 6. The molecule has 2 unspecified atom stereocenters. The molecule has 4 heterocycles. The van der Waals surface area contributed by atoms with Crippen LogP contribution in [0.15, 0.2) is 41.7 Å². The maximum Gasteiger partial charge on any atom is 0.191 e. The van der Waals surface area contributed by atoms with Gasteiger partial charge in [0.1, 0.15) is 17.3 Å². The summed E-state index contributed by atoms with van der Waals surface area (Å²) in [6.07, 6.45) is 3.76. The first-order chi connectivity index (χ1) is 16.5. The highest BCUT2D eigenvalue weighted by Crippen LogP contribution is 2.37. The molecule has 10 heteroatoms. The van der Waals surface area contributed by atoms with Crippen LogP contribution in [0.3, 0.4) is 0 Å². The summed E-state index contributed by atoms with van der Waals surface area (Å²) in [5.41, 5.74) is 7.52. The van der Waals surface area contributed by atoms with Crippen molar-refractivity contribution in [2.24, 2.45) is 18.7 Å². The quantitative estimate of drug-likeness (QED) is 0.388. The molecule has 2 N–H and O–H groups in total. The van der Waals surface area contributed by atoms with Gasteiger partial charge in [0.25, 0.3) is 0 Å². The lowest BCUT2D eigenvalue weighted by Gasteiger charge is -2.27. The second-order valence-electron chi connectivity index (χ2n) is 8.95. The van der Waals surface area contributed by atoms with Crippen molar-refractivity contribution in [3.63, 3.8) is 0 Å². The molecule has 5 rings (SSSR count). The minimum Gasteiger partial charge on any atom is -0.362 e. The monoisotopic (exact) mass is 485 g/mol. The number of halogens is 2. The summed E-state index contributed by atoms with van der Waals surface area (Å²) in [7, 11) is 1.96. The van der Waals surface area contributed by atoms with Gasteiger partial charge in [-0.25, -0.2) is 8.78 Å². The summed E-state index contributed by atoms with van der Waals surface area (Å²) >= 11 is 1.69. The third-order valence-electron chi connectivity index (χ3n) is 6.82. The van der Waals surface area contributed by atoms with Gasteiger partial charge in [-0.1, -0.05) is 17.8 Å². The van der Waals surface area contributed by atoms with Gasteiger partial charge in [-0.2, -0.15) is 0 Å². The molecular weight excluding hydrogens is 456 g/mol. The van der Waals surface area contributed by atoms with E-state index in [0.29, 0.717) is 12.5 Å². The van der Waals surface area contributed by atoms with Crippen molar-refractivity contribution in [1.29, 1.82) is 0 Å². The lowest BCUT2D eigenvalue weighted by Crippen LogP contribution is -2.36. The minimum absolute atomic E-state index is 0.137. The zero-order valence-electron chi connectivity index (χ0n) is 19.2. The molecule has 2 saturated heterocycles. The normalized spacial score (nSPS) is 20.3. The molecule has 2 aliphatic heterocycles. The molecule has 0 bridgehead atoms. The zero-order chi connectivity index (χ0) is 23.7. The van der Waals surface area contributed by atoms with Gasteiger partial charge in [0.05, 0.1) is 5.69 Å². The van der Waals surface area contributed by atoms with Crippen molar-refractivity contribution < 1.29 is 8.78 Å². The molecule has 0 radical (unpaired) electrons. The number of hydrogen-bond donors (Lipinski definition) is 1. The Bertz CT molecular complexity index is 1120. The van der Waals surface area contributed by atoms with Gasteiger partial charge in [0.2, 0.25) is 0 Å². The summed E-state index contributed by atoms with van der Waals surface area (Å²) in [5, 5.41) is 9.55. The Morgan fingerprint density at radius 1 is 1.12 bits per heavy atom. The number of thioether (sulfide) groups is 1. The average Bonchev–Trinajstić information content (AvgIpc) is 3.52. The van der Waals surface area contributed by atoms with Crippen molar-refractivity contribution in [3.8, 4) is 11.4 Å². The van der Waals surface area contributed by atoms with Crippen molar-refractivity contribution in [2.45, 2.75) is 30.6 Å². The predicted molar refractivity (Wildman–Crippen MR) is 130 cm³/mol. The number of hydrogen-bond acceptors (Lipinski definition) is 7. The van der Waals surface area contributed by atoms with Crippen molar-refractivity contribution in [1.82, 2.24) is 24.6 Å². The Labute approximate surface area is 202 Å². The molecule has 1 aromatic carbocycles. The maximum atomic E-state index is 14.3. The summed E-state index contributed by atoms with van der Waals surface area (Å²) in [6.45, 7) is 3.93. The molecule has 2 aromatic heterocycles. The average molecular weight is 486 g/mol. The number of benzene rings is 1. The van der Waals surface area contributed by atoms with Crippen LogP contribution in [0.1, 0.15) is 18.5 Å². The standard InChI is InChI=1S/C24H29F2N7S/c1-31-23(16-6-7-18(12-27)28-13-16)29-30-24(31)34-11-3-9-32-14-17-8-10-33(21(17)15-32)22-19(25)4-2-5-20(22)26/h2,4-7,13,17,21H,3,8-12,14-15,27H2,1H3. The number of para-hydroxylation sites is 1. The highest BCUT2D eigenvalue weighted by Gasteiger charge is 2.42. The fraction of sp³-hybridized carbons (Fsp3) is 0.458. The fourth-order valence-electron chi connectivity index (χ4n) is 5.09. The van der Waals surface area contributed by atoms with Crippen LogP contribution in [0.25, 0.3) is 11.4 Å². The molecule has 34 heavy (non-hydrogen) atoms. The smallest absolute Gasteiger partial charge is 0.191 e. The van der Waals surface area contributed by atoms with Gasteiger partial charge < -0.3 is 20.1 Å². The molecule has 0 spiro atoms. The van der Waals surface area contributed by atoms with Gasteiger partial charge in [-0.3, -0.25) is 4.98 Å². The maximum absolute atomic E-state index is 14.3. The molecule has 3 aromatic rings. The van der Waals surface area contributed by atoms with Crippen molar-refractivity contribution in [2.75, 3.05) is 36.8 Å². The van der Waals surface area contributed by atoms with Crippen molar-refractivity contribution in [3.05, 3.63) is 53.9 Å². The second kappa shape index (κ2) is 9.97. The Balaban J connectivity index is 1.13. The van der Waals surface area contributed by atoms with Gasteiger partial charge in [0, 0.05) is 56.8 Å². The second-order valence-corrected chi connectivity index (χ2v) is 10.0. The minimum atomic E-state index is -0.468. The summed E-state index contributed by atoms with van der Waals surface area (Å²) in [6, 6.07) is 8.17. The van der Waals surface area contributed by atoms with E-state index in [0.717, 1.165) is 67.0 Å². The number of rotatable bonds is 8. The van der Waals surface area contributed by atoms with Crippen LogP contribution in [-0.4, -0.2) is 62.6 Å². The Hall–Kier alpha value is -2.56. The van der Waals surface area contributed by atoms with Crippen LogP contribution in [0.4, 0.5) is 14.5 Å². The topological polar surface area (TPSA) is 76.1 Å². The summed E-state index contributed by atoms with van der Waals surface area (Å²) < 4.78 is 30.6. The van der Waals surface area contributed by atoms with Crippen molar-refractivity contribution >= 4 is 17.4 Å². The molecule has 2 fully saturated rings. The SMILES string of the molecule is Cn1c(SCCCN2CC3CCN(c4c(F)cccc4F)C3C2)nnc1-c1ccc(CN)nc1. The fourth-order valence-corrected chi connectivity index (χ4v) is 5.93. The van der Waals surface area contributed by atoms with Crippen LogP contribution in [0, 0.1) is 17.6 Å². The zero-order valence-corrected chi connectivity index (χ0v) is 20.0. The van der Waals surface area contributed by atoms with E-state index in [4.69, 9.17) is 5.73 Å². The van der Waals surface area contributed by atoms with E-state index < -0.39 is 11.6 Å². The number of aromatic nitrogens is 4. The van der Waals surface area contributed by atoms with Crippen LogP contribution in [-0.2, 0) is 13.6 Å². The Morgan fingerprint density at radius 2 is 1.94 bits per heavy atom. The Morgan fingerprint density at radius 3 is 2.68 bits per heavy atom. The number of anilines is 1. The van der Waals surface area contributed by atoms with E-state index in [9.17, 15) is 8.78 Å². The van der Waals surface area contributed by atoms with Gasteiger partial charge in [0.15, 0.2) is 11.0 Å². The van der Waals surface area contributed by atoms with Crippen LogP contribution >= 0.6 is 11.8 Å². The number of likely N-dealkylation sites (tertiary alicyclic amines) is 1. The van der Waals surface area contributed by atoms with E-state index in [1.165, 1.54) is 18.2 Å². The third kappa shape index (κ3) is 4.54. The third-order valence-corrected chi connectivity index (χ3v) is 7.93.